The average Bonchev–Trinajstić information content (AvgIpc) is 2.91. The predicted molar refractivity (Wildman–Crippen MR) is 71.7 cm³/mol. The second-order valence-electron chi connectivity index (χ2n) is 4.15. The quantitative estimate of drug-likeness (QED) is 0.901. The fourth-order valence-corrected chi connectivity index (χ4v) is 3.17. The summed E-state index contributed by atoms with van der Waals surface area (Å²) in [6, 6.07) is 10.2. The van der Waals surface area contributed by atoms with Gasteiger partial charge in [-0.1, -0.05) is 18.2 Å². The lowest BCUT2D eigenvalue weighted by molar-refractivity contribution is 0.406. The summed E-state index contributed by atoms with van der Waals surface area (Å²) in [5.41, 5.74) is 6.19. The highest BCUT2D eigenvalue weighted by atomic mass is 32.2. The van der Waals surface area contributed by atoms with Gasteiger partial charge in [-0.15, -0.1) is 0 Å². The van der Waals surface area contributed by atoms with Crippen molar-refractivity contribution in [2.45, 2.75) is 18.0 Å². The molecule has 6 heteroatoms. The summed E-state index contributed by atoms with van der Waals surface area (Å²) in [6.45, 7) is 0.373. The minimum Gasteiger partial charge on any atom is -0.468 e. The van der Waals surface area contributed by atoms with Gasteiger partial charge in [-0.05, 0) is 23.8 Å². The summed E-state index contributed by atoms with van der Waals surface area (Å²) in [4.78, 5) is 0.242. The van der Waals surface area contributed by atoms with Crippen LogP contribution in [0.25, 0.3) is 0 Å². The molecule has 0 spiro atoms. The van der Waals surface area contributed by atoms with E-state index in [9.17, 15) is 8.42 Å². The lowest BCUT2D eigenvalue weighted by Crippen LogP contribution is -2.27. The summed E-state index contributed by atoms with van der Waals surface area (Å²) in [7, 11) is -2.05. The smallest absolute Gasteiger partial charge is 0.243 e. The largest absolute Gasteiger partial charge is 0.468 e. The molecule has 1 aromatic heterocycles. The van der Waals surface area contributed by atoms with E-state index in [1.54, 1.807) is 36.4 Å². The minimum absolute atomic E-state index is 0.185. The van der Waals surface area contributed by atoms with Crippen LogP contribution in [0.3, 0.4) is 0 Å². The molecule has 2 N–H and O–H groups in total. The molecule has 0 fully saturated rings. The standard InChI is InChI=1S/C13H16N2O3S/c1-15(10-12-6-4-8-18-12)19(16,17)13-7-3-2-5-11(13)9-14/h2-8H,9-10,14H2,1H3. The second kappa shape index (κ2) is 5.56. The molecule has 0 bridgehead atoms. The molecule has 0 unspecified atom stereocenters. The third kappa shape index (κ3) is 2.86. The fourth-order valence-electron chi connectivity index (χ4n) is 1.80. The Kier molecular flexibility index (Phi) is 4.04. The Morgan fingerprint density at radius 3 is 2.58 bits per heavy atom. The van der Waals surface area contributed by atoms with Gasteiger partial charge in [0.2, 0.25) is 10.0 Å². The maximum Gasteiger partial charge on any atom is 0.243 e. The van der Waals surface area contributed by atoms with E-state index in [2.05, 4.69) is 0 Å². The van der Waals surface area contributed by atoms with Gasteiger partial charge >= 0.3 is 0 Å². The number of benzene rings is 1. The van der Waals surface area contributed by atoms with E-state index < -0.39 is 10.0 Å². The monoisotopic (exact) mass is 280 g/mol. The molecule has 0 aliphatic carbocycles. The molecular formula is C13H16N2O3S. The zero-order chi connectivity index (χ0) is 13.9. The van der Waals surface area contributed by atoms with Crippen LogP contribution < -0.4 is 5.73 Å². The Bertz CT molecular complexity index is 636. The van der Waals surface area contributed by atoms with E-state index in [0.29, 0.717) is 11.3 Å². The lowest BCUT2D eigenvalue weighted by Gasteiger charge is -2.17. The van der Waals surface area contributed by atoms with Crippen molar-refractivity contribution < 1.29 is 12.8 Å². The van der Waals surface area contributed by atoms with E-state index in [1.165, 1.54) is 17.6 Å². The first kappa shape index (κ1) is 13.8. The molecule has 1 heterocycles. The normalized spacial score (nSPS) is 11.9. The van der Waals surface area contributed by atoms with E-state index in [1.807, 2.05) is 0 Å². The van der Waals surface area contributed by atoms with Crippen molar-refractivity contribution in [1.82, 2.24) is 4.31 Å². The molecule has 19 heavy (non-hydrogen) atoms. The third-order valence-electron chi connectivity index (χ3n) is 2.84. The maximum absolute atomic E-state index is 12.5. The fraction of sp³-hybridized carbons (Fsp3) is 0.231. The number of hydrogen-bond donors (Lipinski definition) is 1. The van der Waals surface area contributed by atoms with Gasteiger partial charge in [-0.2, -0.15) is 4.31 Å². The number of nitrogens with two attached hydrogens (primary N) is 1. The van der Waals surface area contributed by atoms with Crippen molar-refractivity contribution in [3.63, 3.8) is 0 Å². The molecule has 0 amide bonds. The first-order valence-electron chi connectivity index (χ1n) is 5.82. The van der Waals surface area contributed by atoms with Crippen molar-refractivity contribution in [2.24, 2.45) is 5.73 Å². The van der Waals surface area contributed by atoms with Crippen LogP contribution in [0, 0.1) is 0 Å². The number of furan rings is 1. The Morgan fingerprint density at radius 1 is 1.21 bits per heavy atom. The van der Waals surface area contributed by atoms with Crippen LogP contribution >= 0.6 is 0 Å². The highest BCUT2D eigenvalue weighted by Crippen LogP contribution is 2.20. The zero-order valence-corrected chi connectivity index (χ0v) is 11.4. The second-order valence-corrected chi connectivity index (χ2v) is 6.17. The molecule has 0 saturated heterocycles. The molecule has 0 atom stereocenters. The van der Waals surface area contributed by atoms with Crippen molar-refractivity contribution in [3.8, 4) is 0 Å². The van der Waals surface area contributed by atoms with Crippen molar-refractivity contribution in [1.29, 1.82) is 0 Å². The highest BCUT2D eigenvalue weighted by Gasteiger charge is 2.23. The van der Waals surface area contributed by atoms with Gasteiger partial charge in [0, 0.05) is 13.6 Å². The first-order chi connectivity index (χ1) is 9.05. The Morgan fingerprint density at radius 2 is 1.95 bits per heavy atom. The summed E-state index contributed by atoms with van der Waals surface area (Å²) in [6.07, 6.45) is 1.52. The van der Waals surface area contributed by atoms with Crippen LogP contribution in [0.5, 0.6) is 0 Å². The van der Waals surface area contributed by atoms with E-state index in [-0.39, 0.29) is 18.0 Å². The molecule has 0 aliphatic heterocycles. The van der Waals surface area contributed by atoms with E-state index in [0.717, 1.165) is 0 Å². The van der Waals surface area contributed by atoms with Gasteiger partial charge in [0.15, 0.2) is 0 Å². The molecule has 0 aliphatic rings. The molecule has 0 saturated carbocycles. The highest BCUT2D eigenvalue weighted by molar-refractivity contribution is 7.89. The molecule has 0 radical (unpaired) electrons. The first-order valence-corrected chi connectivity index (χ1v) is 7.26. The minimum atomic E-state index is -3.56. The molecule has 2 rings (SSSR count). The van der Waals surface area contributed by atoms with Gasteiger partial charge < -0.3 is 10.2 Å². The van der Waals surface area contributed by atoms with E-state index in [4.69, 9.17) is 10.2 Å². The van der Waals surface area contributed by atoms with Crippen LogP contribution in [0.1, 0.15) is 11.3 Å². The molecule has 102 valence electrons. The molecule has 5 nitrogen and oxygen atoms in total. The molecule has 2 aromatic rings. The van der Waals surface area contributed by atoms with Crippen molar-refractivity contribution in [3.05, 3.63) is 54.0 Å². The summed E-state index contributed by atoms with van der Waals surface area (Å²) >= 11 is 0. The SMILES string of the molecule is CN(Cc1ccco1)S(=O)(=O)c1ccccc1CN. The molecular weight excluding hydrogens is 264 g/mol. The topological polar surface area (TPSA) is 76.5 Å². The van der Waals surface area contributed by atoms with Crippen molar-refractivity contribution in [2.75, 3.05) is 7.05 Å². The van der Waals surface area contributed by atoms with Crippen LogP contribution in [0.4, 0.5) is 0 Å². The van der Waals surface area contributed by atoms with Crippen LogP contribution in [-0.2, 0) is 23.1 Å². The predicted octanol–water partition coefficient (Wildman–Crippen LogP) is 1.56. The van der Waals surface area contributed by atoms with Crippen LogP contribution in [0.2, 0.25) is 0 Å². The van der Waals surface area contributed by atoms with Gasteiger partial charge in [0.1, 0.15) is 5.76 Å². The van der Waals surface area contributed by atoms with E-state index >= 15 is 0 Å². The Balaban J connectivity index is 2.31. The van der Waals surface area contributed by atoms with Crippen molar-refractivity contribution >= 4 is 10.0 Å². The summed E-state index contributed by atoms with van der Waals surface area (Å²) in [5, 5.41) is 0. The summed E-state index contributed by atoms with van der Waals surface area (Å²) < 4.78 is 31.3. The lowest BCUT2D eigenvalue weighted by atomic mass is 10.2. The third-order valence-corrected chi connectivity index (χ3v) is 4.74. The zero-order valence-electron chi connectivity index (χ0n) is 10.6. The van der Waals surface area contributed by atoms with Gasteiger partial charge in [-0.3, -0.25) is 0 Å². The number of nitrogens with zero attached hydrogens (tertiary/aromatic N) is 1. The summed E-state index contributed by atoms with van der Waals surface area (Å²) in [5.74, 6) is 0.594. The maximum atomic E-state index is 12.5. The Labute approximate surface area is 112 Å². The van der Waals surface area contributed by atoms with Gasteiger partial charge in [0.25, 0.3) is 0 Å². The number of sulfonamides is 1. The number of rotatable bonds is 5. The van der Waals surface area contributed by atoms with Gasteiger partial charge in [-0.25, -0.2) is 8.42 Å². The number of hydrogen-bond acceptors (Lipinski definition) is 4. The Hall–Kier alpha value is -1.63. The van der Waals surface area contributed by atoms with Crippen LogP contribution in [-0.4, -0.2) is 19.8 Å². The van der Waals surface area contributed by atoms with Crippen LogP contribution in [0.15, 0.2) is 52.0 Å². The molecule has 1 aromatic carbocycles. The average molecular weight is 280 g/mol. The van der Waals surface area contributed by atoms with Gasteiger partial charge in [0.05, 0.1) is 17.7 Å².